The highest BCUT2D eigenvalue weighted by atomic mass is 35.5. The van der Waals surface area contributed by atoms with E-state index in [0.29, 0.717) is 18.0 Å². The number of carbonyl (C=O) groups is 1. The summed E-state index contributed by atoms with van der Waals surface area (Å²) >= 11 is 0. The molecule has 0 saturated heterocycles. The molecule has 144 valence electrons. The van der Waals surface area contributed by atoms with Crippen molar-refractivity contribution in [2.24, 2.45) is 11.7 Å². The molecule has 7 heteroatoms. The predicted octanol–water partition coefficient (Wildman–Crippen LogP) is 3.41. The standard InChI is InChI=1S/C19H26N4O.2ClH/c20-12-18(16-4-2-1-3-5-16)22-19(24)17-8-6-15(7-9-17)13-23-11-10-21-14-23;;/h6-11,14,16,18H,1-5,12-13,20H2,(H,22,24);2*1H. The Morgan fingerprint density at radius 1 is 1.19 bits per heavy atom. The van der Waals surface area contributed by atoms with Crippen LogP contribution in [0.3, 0.4) is 0 Å². The number of nitrogens with one attached hydrogen (secondary N) is 1. The molecule has 1 unspecified atom stereocenters. The van der Waals surface area contributed by atoms with Gasteiger partial charge in [-0.3, -0.25) is 4.79 Å². The minimum absolute atomic E-state index is 0. The molecule has 1 saturated carbocycles. The maximum absolute atomic E-state index is 12.5. The smallest absolute Gasteiger partial charge is 0.251 e. The first kappa shape index (κ1) is 22.5. The van der Waals surface area contributed by atoms with Crippen molar-refractivity contribution in [1.29, 1.82) is 0 Å². The molecule has 26 heavy (non-hydrogen) atoms. The van der Waals surface area contributed by atoms with E-state index in [-0.39, 0.29) is 36.8 Å². The van der Waals surface area contributed by atoms with E-state index in [1.807, 2.05) is 35.0 Å². The first-order chi connectivity index (χ1) is 11.8. The van der Waals surface area contributed by atoms with Gasteiger partial charge < -0.3 is 15.6 Å². The van der Waals surface area contributed by atoms with Gasteiger partial charge in [0.15, 0.2) is 0 Å². The van der Waals surface area contributed by atoms with Gasteiger partial charge in [0.05, 0.1) is 6.33 Å². The number of hydrogen-bond acceptors (Lipinski definition) is 3. The highest BCUT2D eigenvalue weighted by molar-refractivity contribution is 5.94. The molecule has 0 spiro atoms. The SMILES string of the molecule is Cl.Cl.NCC(NC(=O)c1ccc(Cn2ccnc2)cc1)C1CCCCC1. The number of hydrogen-bond donors (Lipinski definition) is 2. The van der Waals surface area contributed by atoms with Crippen molar-refractivity contribution in [3.63, 3.8) is 0 Å². The fraction of sp³-hybridized carbons (Fsp3) is 0.474. The van der Waals surface area contributed by atoms with E-state index in [9.17, 15) is 4.79 Å². The Kier molecular flexibility index (Phi) is 9.70. The van der Waals surface area contributed by atoms with Crippen LogP contribution in [0.4, 0.5) is 0 Å². The van der Waals surface area contributed by atoms with Crippen LogP contribution >= 0.6 is 24.8 Å². The summed E-state index contributed by atoms with van der Waals surface area (Å²) in [5.74, 6) is 0.499. The van der Waals surface area contributed by atoms with Gasteiger partial charge in [-0.2, -0.15) is 0 Å². The Bertz CT molecular complexity index is 640. The van der Waals surface area contributed by atoms with Crippen LogP contribution in [0.15, 0.2) is 43.0 Å². The Balaban J connectivity index is 0.00000169. The minimum Gasteiger partial charge on any atom is -0.348 e. The summed E-state index contributed by atoms with van der Waals surface area (Å²) in [4.78, 5) is 16.5. The minimum atomic E-state index is -0.0230. The van der Waals surface area contributed by atoms with E-state index < -0.39 is 0 Å². The number of amides is 1. The van der Waals surface area contributed by atoms with Crippen LogP contribution in [-0.4, -0.2) is 28.0 Å². The number of rotatable bonds is 6. The number of imidazole rings is 1. The van der Waals surface area contributed by atoms with Gasteiger partial charge >= 0.3 is 0 Å². The van der Waals surface area contributed by atoms with Gasteiger partial charge in [0.1, 0.15) is 0 Å². The van der Waals surface area contributed by atoms with Crippen LogP contribution < -0.4 is 11.1 Å². The highest BCUT2D eigenvalue weighted by Gasteiger charge is 2.24. The normalized spacial score (nSPS) is 15.4. The van der Waals surface area contributed by atoms with E-state index in [4.69, 9.17) is 5.73 Å². The third-order valence-corrected chi connectivity index (χ3v) is 4.93. The molecule has 1 heterocycles. The average molecular weight is 399 g/mol. The predicted molar refractivity (Wildman–Crippen MR) is 109 cm³/mol. The van der Waals surface area contributed by atoms with Gasteiger partial charge in [0.2, 0.25) is 0 Å². The summed E-state index contributed by atoms with van der Waals surface area (Å²) < 4.78 is 2.00. The molecule has 1 aliphatic rings. The van der Waals surface area contributed by atoms with E-state index in [0.717, 1.165) is 12.1 Å². The molecule has 1 fully saturated rings. The molecular formula is C19H28Cl2N4O. The van der Waals surface area contributed by atoms with Crippen LogP contribution in [0.25, 0.3) is 0 Å². The largest absolute Gasteiger partial charge is 0.348 e. The Hall–Kier alpha value is -1.56. The van der Waals surface area contributed by atoms with Gasteiger partial charge in [0, 0.05) is 37.1 Å². The van der Waals surface area contributed by atoms with Crippen molar-refractivity contribution >= 4 is 30.7 Å². The van der Waals surface area contributed by atoms with Crippen molar-refractivity contribution in [3.05, 3.63) is 54.1 Å². The van der Waals surface area contributed by atoms with Crippen molar-refractivity contribution in [2.75, 3.05) is 6.54 Å². The molecule has 1 atom stereocenters. The second-order valence-electron chi connectivity index (χ2n) is 6.65. The summed E-state index contributed by atoms with van der Waals surface area (Å²) in [6.07, 6.45) is 11.6. The van der Waals surface area contributed by atoms with E-state index in [1.54, 1.807) is 12.5 Å². The lowest BCUT2D eigenvalue weighted by Gasteiger charge is -2.30. The zero-order valence-corrected chi connectivity index (χ0v) is 16.5. The monoisotopic (exact) mass is 398 g/mol. The van der Waals surface area contributed by atoms with Crippen LogP contribution in [0.2, 0.25) is 0 Å². The number of nitrogens with zero attached hydrogens (tertiary/aromatic N) is 2. The zero-order chi connectivity index (χ0) is 16.8. The maximum atomic E-state index is 12.5. The molecule has 1 amide bonds. The molecule has 1 aromatic carbocycles. The lowest BCUT2D eigenvalue weighted by Crippen LogP contribution is -2.45. The molecular weight excluding hydrogens is 371 g/mol. The van der Waals surface area contributed by atoms with Gasteiger partial charge in [0.25, 0.3) is 5.91 Å². The van der Waals surface area contributed by atoms with Gasteiger partial charge in [-0.05, 0) is 36.5 Å². The number of halogens is 2. The molecule has 2 aromatic rings. The Morgan fingerprint density at radius 2 is 1.88 bits per heavy atom. The van der Waals surface area contributed by atoms with Crippen LogP contribution in [0.5, 0.6) is 0 Å². The summed E-state index contributed by atoms with van der Waals surface area (Å²) in [5, 5.41) is 3.14. The lowest BCUT2D eigenvalue weighted by atomic mass is 9.84. The van der Waals surface area contributed by atoms with Crippen molar-refractivity contribution in [2.45, 2.75) is 44.7 Å². The summed E-state index contributed by atoms with van der Waals surface area (Å²) in [7, 11) is 0. The summed E-state index contributed by atoms with van der Waals surface area (Å²) in [6, 6.07) is 7.84. The summed E-state index contributed by atoms with van der Waals surface area (Å²) in [5.41, 5.74) is 7.75. The second kappa shape index (κ2) is 11.2. The Morgan fingerprint density at radius 3 is 2.46 bits per heavy atom. The van der Waals surface area contributed by atoms with Crippen molar-refractivity contribution in [3.8, 4) is 0 Å². The lowest BCUT2D eigenvalue weighted by molar-refractivity contribution is 0.0915. The Labute approximate surface area is 167 Å². The van der Waals surface area contributed by atoms with Crippen molar-refractivity contribution in [1.82, 2.24) is 14.9 Å². The molecule has 0 bridgehead atoms. The number of benzene rings is 1. The third kappa shape index (κ3) is 6.01. The molecule has 3 N–H and O–H groups in total. The fourth-order valence-electron chi connectivity index (χ4n) is 3.51. The maximum Gasteiger partial charge on any atom is 0.251 e. The third-order valence-electron chi connectivity index (χ3n) is 4.93. The van der Waals surface area contributed by atoms with Crippen LogP contribution in [-0.2, 0) is 6.54 Å². The number of carbonyl (C=O) groups excluding carboxylic acids is 1. The van der Waals surface area contributed by atoms with Gasteiger partial charge in [-0.25, -0.2) is 4.98 Å². The van der Waals surface area contributed by atoms with Gasteiger partial charge in [-0.1, -0.05) is 31.4 Å². The van der Waals surface area contributed by atoms with Crippen LogP contribution in [0.1, 0.15) is 48.0 Å². The van der Waals surface area contributed by atoms with E-state index in [2.05, 4.69) is 10.3 Å². The first-order valence-electron chi connectivity index (χ1n) is 8.82. The molecule has 3 rings (SSSR count). The molecule has 0 radical (unpaired) electrons. The highest BCUT2D eigenvalue weighted by Crippen LogP contribution is 2.26. The van der Waals surface area contributed by atoms with Crippen LogP contribution in [0, 0.1) is 5.92 Å². The topological polar surface area (TPSA) is 72.9 Å². The molecule has 1 aliphatic carbocycles. The number of nitrogens with two attached hydrogens (primary N) is 1. The zero-order valence-electron chi connectivity index (χ0n) is 14.8. The first-order valence-corrected chi connectivity index (χ1v) is 8.82. The average Bonchev–Trinajstić information content (AvgIpc) is 3.14. The molecule has 5 nitrogen and oxygen atoms in total. The van der Waals surface area contributed by atoms with E-state index in [1.165, 1.54) is 32.1 Å². The quantitative estimate of drug-likeness (QED) is 0.782. The molecule has 1 aromatic heterocycles. The van der Waals surface area contributed by atoms with Crippen molar-refractivity contribution < 1.29 is 4.79 Å². The molecule has 0 aliphatic heterocycles. The van der Waals surface area contributed by atoms with Gasteiger partial charge in [-0.15, -0.1) is 24.8 Å². The number of aromatic nitrogens is 2. The van der Waals surface area contributed by atoms with E-state index >= 15 is 0 Å². The second-order valence-corrected chi connectivity index (χ2v) is 6.65. The summed E-state index contributed by atoms with van der Waals surface area (Å²) in [6.45, 7) is 1.27. The fourth-order valence-corrected chi connectivity index (χ4v) is 3.51.